The van der Waals surface area contributed by atoms with Crippen LogP contribution in [0.2, 0.25) is 0 Å². The van der Waals surface area contributed by atoms with Gasteiger partial charge in [0.1, 0.15) is 28.1 Å². The highest BCUT2D eigenvalue weighted by molar-refractivity contribution is 5.95. The van der Waals surface area contributed by atoms with Crippen LogP contribution in [0.3, 0.4) is 0 Å². The van der Waals surface area contributed by atoms with E-state index in [1.807, 2.05) is 32.0 Å². The number of phenolic OH excluding ortho intramolecular Hbond substituents is 1. The van der Waals surface area contributed by atoms with E-state index >= 15 is 0 Å². The monoisotopic (exact) mass is 389 g/mol. The highest BCUT2D eigenvalue weighted by atomic mass is 16.5. The second-order valence-electron chi connectivity index (χ2n) is 6.85. The molecule has 0 unspecified atom stereocenters. The van der Waals surface area contributed by atoms with Crippen LogP contribution < -0.4 is 15.5 Å². The highest BCUT2D eigenvalue weighted by Crippen LogP contribution is 2.30. The number of para-hydroxylation sites is 2. The summed E-state index contributed by atoms with van der Waals surface area (Å²) in [6, 6.07) is 15.4. The highest BCUT2D eigenvalue weighted by Gasteiger charge is 2.14. The number of hydrogen-bond donors (Lipinski definition) is 2. The maximum Gasteiger partial charge on any atom is 0.262 e. The normalized spacial score (nSPS) is 11.0. The zero-order valence-corrected chi connectivity index (χ0v) is 16.0. The van der Waals surface area contributed by atoms with Crippen LogP contribution in [-0.4, -0.2) is 17.6 Å². The summed E-state index contributed by atoms with van der Waals surface area (Å²) >= 11 is 0. The van der Waals surface area contributed by atoms with Crippen molar-refractivity contribution in [2.45, 2.75) is 13.8 Å². The Morgan fingerprint density at radius 2 is 1.76 bits per heavy atom. The molecule has 146 valence electrons. The van der Waals surface area contributed by atoms with Gasteiger partial charge in [-0.25, -0.2) is 0 Å². The first kappa shape index (κ1) is 18.6. The molecule has 0 aliphatic carbocycles. The standard InChI is InChI=1S/C23H19NO5/c1-13-6-5-7-14(2)22(13)24-20(26)12-28-15-10-17(25)21-19(11-15)29-18-9-4-3-8-16(18)23(21)27/h3-11,25H,12H2,1-2H3,(H,24,26). The number of anilines is 1. The molecule has 0 saturated heterocycles. The first-order chi connectivity index (χ1) is 13.9. The quantitative estimate of drug-likeness (QED) is 0.509. The third-order valence-corrected chi connectivity index (χ3v) is 4.75. The van der Waals surface area contributed by atoms with Crippen molar-refractivity contribution in [3.05, 3.63) is 75.9 Å². The second kappa shape index (κ2) is 7.31. The minimum Gasteiger partial charge on any atom is -0.507 e. The van der Waals surface area contributed by atoms with Crippen molar-refractivity contribution >= 4 is 33.5 Å². The average molecular weight is 389 g/mol. The molecule has 1 amide bonds. The Labute approximate surface area is 166 Å². The van der Waals surface area contributed by atoms with Crippen LogP contribution in [0.5, 0.6) is 11.5 Å². The summed E-state index contributed by atoms with van der Waals surface area (Å²) in [6.07, 6.45) is 0. The number of fused-ring (bicyclic) bond motifs is 2. The van der Waals surface area contributed by atoms with E-state index < -0.39 is 0 Å². The molecular weight excluding hydrogens is 370 g/mol. The Morgan fingerprint density at radius 3 is 2.52 bits per heavy atom. The van der Waals surface area contributed by atoms with Crippen LogP contribution in [0.15, 0.2) is 63.8 Å². The predicted molar refractivity (Wildman–Crippen MR) is 112 cm³/mol. The summed E-state index contributed by atoms with van der Waals surface area (Å²) in [6.45, 7) is 3.57. The SMILES string of the molecule is Cc1cccc(C)c1NC(=O)COc1cc(O)c2c(=O)c3ccccc3oc2c1. The Morgan fingerprint density at radius 1 is 1.03 bits per heavy atom. The molecule has 3 aromatic carbocycles. The van der Waals surface area contributed by atoms with Crippen molar-refractivity contribution in [3.8, 4) is 11.5 Å². The largest absolute Gasteiger partial charge is 0.507 e. The van der Waals surface area contributed by atoms with Gasteiger partial charge in [0.05, 0.1) is 5.39 Å². The molecule has 0 fully saturated rings. The topological polar surface area (TPSA) is 88.8 Å². The molecule has 6 nitrogen and oxygen atoms in total. The van der Waals surface area contributed by atoms with Gasteiger partial charge < -0.3 is 19.6 Å². The van der Waals surface area contributed by atoms with Gasteiger partial charge in [-0.3, -0.25) is 9.59 Å². The fourth-order valence-corrected chi connectivity index (χ4v) is 3.30. The molecule has 0 aliphatic rings. The number of amides is 1. The summed E-state index contributed by atoms with van der Waals surface area (Å²) in [7, 11) is 0. The van der Waals surface area contributed by atoms with Crippen molar-refractivity contribution < 1.29 is 19.1 Å². The lowest BCUT2D eigenvalue weighted by Crippen LogP contribution is -2.21. The fraction of sp³-hybridized carbons (Fsp3) is 0.130. The van der Waals surface area contributed by atoms with Crippen LogP contribution in [0.25, 0.3) is 21.9 Å². The Hall–Kier alpha value is -3.80. The van der Waals surface area contributed by atoms with Crippen LogP contribution in [0, 0.1) is 13.8 Å². The minimum atomic E-state index is -0.332. The first-order valence-electron chi connectivity index (χ1n) is 9.11. The summed E-state index contributed by atoms with van der Waals surface area (Å²) < 4.78 is 11.3. The number of aromatic hydroxyl groups is 1. The van der Waals surface area contributed by atoms with E-state index in [9.17, 15) is 14.7 Å². The van der Waals surface area contributed by atoms with Gasteiger partial charge in [0, 0.05) is 17.8 Å². The molecule has 29 heavy (non-hydrogen) atoms. The molecule has 0 bridgehead atoms. The number of nitrogens with one attached hydrogen (secondary N) is 1. The van der Waals surface area contributed by atoms with Crippen molar-refractivity contribution in [1.82, 2.24) is 0 Å². The second-order valence-corrected chi connectivity index (χ2v) is 6.85. The predicted octanol–water partition coefficient (Wildman–Crippen LogP) is 4.29. The number of carbonyl (C=O) groups excluding carboxylic acids is 1. The van der Waals surface area contributed by atoms with E-state index in [0.717, 1.165) is 16.8 Å². The van der Waals surface area contributed by atoms with Gasteiger partial charge in [-0.15, -0.1) is 0 Å². The number of ether oxygens (including phenoxy) is 1. The van der Waals surface area contributed by atoms with Crippen molar-refractivity contribution in [2.75, 3.05) is 11.9 Å². The van der Waals surface area contributed by atoms with E-state index in [2.05, 4.69) is 5.32 Å². The van der Waals surface area contributed by atoms with Gasteiger partial charge in [-0.1, -0.05) is 30.3 Å². The van der Waals surface area contributed by atoms with Gasteiger partial charge >= 0.3 is 0 Å². The molecular formula is C23H19NO5. The molecule has 1 aromatic heterocycles. The molecule has 0 spiro atoms. The number of hydrogen-bond acceptors (Lipinski definition) is 5. The summed E-state index contributed by atoms with van der Waals surface area (Å²) in [5, 5.41) is 13.6. The molecule has 0 saturated carbocycles. The smallest absolute Gasteiger partial charge is 0.262 e. The zero-order chi connectivity index (χ0) is 20.5. The number of carbonyl (C=O) groups is 1. The van der Waals surface area contributed by atoms with E-state index in [0.29, 0.717) is 11.0 Å². The molecule has 1 heterocycles. The zero-order valence-electron chi connectivity index (χ0n) is 16.0. The van der Waals surface area contributed by atoms with Gasteiger partial charge in [-0.05, 0) is 37.1 Å². The molecule has 4 rings (SSSR count). The third kappa shape index (κ3) is 3.52. The van der Waals surface area contributed by atoms with E-state index in [1.54, 1.807) is 24.3 Å². The fourth-order valence-electron chi connectivity index (χ4n) is 3.30. The maximum atomic E-state index is 12.6. The number of phenols is 1. The van der Waals surface area contributed by atoms with Crippen molar-refractivity contribution in [1.29, 1.82) is 0 Å². The lowest BCUT2D eigenvalue weighted by molar-refractivity contribution is -0.118. The van der Waals surface area contributed by atoms with Crippen molar-refractivity contribution in [2.24, 2.45) is 0 Å². The Bertz CT molecular complexity index is 1290. The molecule has 0 radical (unpaired) electrons. The van der Waals surface area contributed by atoms with Crippen LogP contribution in [-0.2, 0) is 4.79 Å². The van der Waals surface area contributed by atoms with E-state index in [-0.39, 0.29) is 40.4 Å². The first-order valence-corrected chi connectivity index (χ1v) is 9.11. The average Bonchev–Trinajstić information content (AvgIpc) is 2.69. The Balaban J connectivity index is 1.59. The summed E-state index contributed by atoms with van der Waals surface area (Å²) in [5.74, 6) is -0.362. The third-order valence-electron chi connectivity index (χ3n) is 4.75. The van der Waals surface area contributed by atoms with Gasteiger partial charge in [0.15, 0.2) is 6.61 Å². The number of aryl methyl sites for hydroxylation is 2. The van der Waals surface area contributed by atoms with Crippen LogP contribution in [0.1, 0.15) is 11.1 Å². The minimum absolute atomic E-state index is 0.0797. The Kier molecular flexibility index (Phi) is 4.68. The van der Waals surface area contributed by atoms with Crippen LogP contribution >= 0.6 is 0 Å². The van der Waals surface area contributed by atoms with E-state index in [4.69, 9.17) is 9.15 Å². The van der Waals surface area contributed by atoms with Crippen LogP contribution in [0.4, 0.5) is 5.69 Å². The number of rotatable bonds is 4. The lowest BCUT2D eigenvalue weighted by Gasteiger charge is -2.12. The maximum absolute atomic E-state index is 12.6. The summed E-state index contributed by atoms with van der Waals surface area (Å²) in [5.41, 5.74) is 2.94. The van der Waals surface area contributed by atoms with Crippen molar-refractivity contribution in [3.63, 3.8) is 0 Å². The molecule has 0 atom stereocenters. The van der Waals surface area contributed by atoms with E-state index in [1.165, 1.54) is 12.1 Å². The molecule has 4 aromatic rings. The summed E-state index contributed by atoms with van der Waals surface area (Å²) in [4.78, 5) is 24.9. The molecule has 2 N–H and O–H groups in total. The molecule has 0 aliphatic heterocycles. The molecule has 6 heteroatoms. The van der Waals surface area contributed by atoms with Gasteiger partial charge in [0.25, 0.3) is 5.91 Å². The van der Waals surface area contributed by atoms with Gasteiger partial charge in [-0.2, -0.15) is 0 Å². The number of benzene rings is 3. The lowest BCUT2D eigenvalue weighted by atomic mass is 10.1. The van der Waals surface area contributed by atoms with Gasteiger partial charge in [0.2, 0.25) is 5.43 Å².